The van der Waals surface area contributed by atoms with E-state index in [-0.39, 0.29) is 22.3 Å². The Labute approximate surface area is 138 Å². The Morgan fingerprint density at radius 2 is 2.10 bits per heavy atom. The topological polar surface area (TPSA) is 50.3 Å². The molecule has 0 aliphatic carbocycles. The van der Waals surface area contributed by atoms with Crippen LogP contribution in [0.25, 0.3) is 0 Å². The van der Waals surface area contributed by atoms with Crippen molar-refractivity contribution in [1.29, 1.82) is 0 Å². The maximum absolute atomic E-state index is 12.6. The van der Waals surface area contributed by atoms with E-state index in [0.717, 1.165) is 5.01 Å². The minimum absolute atomic E-state index is 0.0665. The Kier molecular flexibility index (Phi) is 5.27. The summed E-state index contributed by atoms with van der Waals surface area (Å²) in [6.07, 6.45) is 0. The summed E-state index contributed by atoms with van der Waals surface area (Å²) in [4.78, 5) is 4.34. The summed E-state index contributed by atoms with van der Waals surface area (Å²) in [5.41, 5.74) is 1.42. The predicted molar refractivity (Wildman–Crippen MR) is 86.5 cm³/mol. The molecule has 2 rings (SSSR count). The van der Waals surface area contributed by atoms with E-state index in [1.54, 1.807) is 12.1 Å². The van der Waals surface area contributed by atoms with Crippen molar-refractivity contribution in [1.82, 2.24) is 9.29 Å². The molecule has 0 unspecified atom stereocenters. The first-order valence-electron chi connectivity index (χ1n) is 6.06. The van der Waals surface area contributed by atoms with Gasteiger partial charge in [-0.2, -0.15) is 4.31 Å². The van der Waals surface area contributed by atoms with Crippen molar-refractivity contribution in [2.75, 3.05) is 7.05 Å². The van der Waals surface area contributed by atoms with Crippen LogP contribution in [0.3, 0.4) is 0 Å². The number of hydrogen-bond acceptors (Lipinski definition) is 4. The maximum Gasteiger partial charge on any atom is 0.244 e. The van der Waals surface area contributed by atoms with Crippen molar-refractivity contribution in [3.8, 4) is 0 Å². The van der Waals surface area contributed by atoms with Crippen LogP contribution in [0.5, 0.6) is 0 Å². The van der Waals surface area contributed by atoms with Crippen LogP contribution in [-0.4, -0.2) is 24.8 Å². The minimum Gasteiger partial charge on any atom is -0.245 e. The molecular weight excluding hydrogens is 351 g/mol. The highest BCUT2D eigenvalue weighted by Gasteiger charge is 2.24. The molecular formula is C13H14Cl2N2O2S2. The number of nitrogens with zero attached hydrogens (tertiary/aromatic N) is 2. The Morgan fingerprint density at radius 1 is 1.38 bits per heavy atom. The number of halogens is 2. The second kappa shape index (κ2) is 6.62. The lowest BCUT2D eigenvalue weighted by molar-refractivity contribution is 0.463. The molecule has 0 saturated heterocycles. The van der Waals surface area contributed by atoms with E-state index < -0.39 is 10.0 Å². The molecule has 4 nitrogen and oxygen atoms in total. The molecule has 0 aliphatic heterocycles. The van der Waals surface area contributed by atoms with Crippen molar-refractivity contribution >= 4 is 44.6 Å². The largest absolute Gasteiger partial charge is 0.245 e. The smallest absolute Gasteiger partial charge is 0.244 e. The molecule has 0 aliphatic rings. The van der Waals surface area contributed by atoms with Gasteiger partial charge in [-0.05, 0) is 24.6 Å². The van der Waals surface area contributed by atoms with Gasteiger partial charge in [-0.1, -0.05) is 17.7 Å². The number of aryl methyl sites for hydroxylation is 1. The molecule has 114 valence electrons. The standard InChI is InChI=1S/C13H14Cl2N2O2S2/c1-9-16-11(8-20-9)7-17(2)21(18,19)13-5-10(6-14)3-4-12(13)15/h3-5,8H,6-7H2,1-2H3. The van der Waals surface area contributed by atoms with Crippen LogP contribution >= 0.6 is 34.5 Å². The highest BCUT2D eigenvalue weighted by atomic mass is 35.5. The molecule has 2 aromatic rings. The average Bonchev–Trinajstić information content (AvgIpc) is 2.84. The van der Waals surface area contributed by atoms with Crippen molar-refractivity contribution < 1.29 is 8.42 Å². The van der Waals surface area contributed by atoms with E-state index >= 15 is 0 Å². The van der Waals surface area contributed by atoms with Gasteiger partial charge in [0, 0.05) is 18.3 Å². The van der Waals surface area contributed by atoms with Crippen LogP contribution in [0.1, 0.15) is 16.3 Å². The van der Waals surface area contributed by atoms with E-state index in [1.807, 2.05) is 12.3 Å². The summed E-state index contributed by atoms with van der Waals surface area (Å²) in [7, 11) is -2.18. The summed E-state index contributed by atoms with van der Waals surface area (Å²) in [5.74, 6) is 0.231. The number of benzene rings is 1. The Morgan fingerprint density at radius 3 is 2.67 bits per heavy atom. The summed E-state index contributed by atoms with van der Waals surface area (Å²) < 4.78 is 26.4. The minimum atomic E-state index is -3.68. The van der Waals surface area contributed by atoms with Crippen LogP contribution in [0.4, 0.5) is 0 Å². The van der Waals surface area contributed by atoms with Crippen LogP contribution in [0, 0.1) is 6.92 Å². The highest BCUT2D eigenvalue weighted by Crippen LogP contribution is 2.26. The summed E-state index contributed by atoms with van der Waals surface area (Å²) in [6, 6.07) is 4.76. The third-order valence-electron chi connectivity index (χ3n) is 2.89. The molecule has 0 spiro atoms. The van der Waals surface area contributed by atoms with E-state index in [0.29, 0.717) is 11.3 Å². The van der Waals surface area contributed by atoms with Crippen molar-refractivity contribution in [3.05, 3.63) is 44.9 Å². The molecule has 1 heterocycles. The van der Waals surface area contributed by atoms with Gasteiger partial charge in [0.15, 0.2) is 0 Å². The zero-order chi connectivity index (χ0) is 15.6. The van der Waals surface area contributed by atoms with Crippen LogP contribution in [0.2, 0.25) is 5.02 Å². The number of alkyl halides is 1. The van der Waals surface area contributed by atoms with Crippen molar-refractivity contribution in [2.24, 2.45) is 0 Å². The fraction of sp³-hybridized carbons (Fsp3) is 0.308. The van der Waals surface area contributed by atoms with E-state index in [2.05, 4.69) is 4.98 Å². The fourth-order valence-electron chi connectivity index (χ4n) is 1.79. The Hall–Kier alpha value is -0.660. The summed E-state index contributed by atoms with van der Waals surface area (Å²) in [6.45, 7) is 2.08. The lowest BCUT2D eigenvalue weighted by Crippen LogP contribution is -2.27. The number of aromatic nitrogens is 1. The van der Waals surface area contributed by atoms with Gasteiger partial charge in [-0.15, -0.1) is 22.9 Å². The highest BCUT2D eigenvalue weighted by molar-refractivity contribution is 7.89. The summed E-state index contributed by atoms with van der Waals surface area (Å²) >= 11 is 13.3. The first-order valence-corrected chi connectivity index (χ1v) is 9.29. The molecule has 0 radical (unpaired) electrons. The van der Waals surface area contributed by atoms with Gasteiger partial charge in [0.05, 0.1) is 22.3 Å². The first kappa shape index (κ1) is 16.7. The molecule has 1 aromatic carbocycles. The van der Waals surface area contributed by atoms with E-state index in [4.69, 9.17) is 23.2 Å². The molecule has 8 heteroatoms. The van der Waals surface area contributed by atoms with Gasteiger partial charge in [-0.3, -0.25) is 0 Å². The summed E-state index contributed by atoms with van der Waals surface area (Å²) in [5, 5.41) is 2.93. The number of thiazole rings is 1. The normalized spacial score (nSPS) is 12.0. The molecule has 0 bridgehead atoms. The van der Waals surface area contributed by atoms with Crippen LogP contribution < -0.4 is 0 Å². The Balaban J connectivity index is 2.32. The second-order valence-corrected chi connectivity index (χ2v) is 8.27. The lowest BCUT2D eigenvalue weighted by atomic mass is 10.2. The fourth-order valence-corrected chi connectivity index (χ4v) is 4.22. The van der Waals surface area contributed by atoms with Gasteiger partial charge in [-0.25, -0.2) is 13.4 Å². The Bertz CT molecular complexity index is 744. The van der Waals surface area contributed by atoms with Crippen LogP contribution in [0.15, 0.2) is 28.5 Å². The first-order chi connectivity index (χ1) is 9.84. The monoisotopic (exact) mass is 364 g/mol. The van der Waals surface area contributed by atoms with Gasteiger partial charge in [0.2, 0.25) is 10.0 Å². The molecule has 0 saturated carbocycles. The van der Waals surface area contributed by atoms with Crippen molar-refractivity contribution in [2.45, 2.75) is 24.2 Å². The quantitative estimate of drug-likeness (QED) is 0.760. The number of hydrogen-bond donors (Lipinski definition) is 0. The molecule has 0 amide bonds. The average molecular weight is 365 g/mol. The van der Waals surface area contributed by atoms with Crippen molar-refractivity contribution in [3.63, 3.8) is 0 Å². The zero-order valence-electron chi connectivity index (χ0n) is 11.5. The third kappa shape index (κ3) is 3.76. The SMILES string of the molecule is Cc1nc(CN(C)S(=O)(=O)c2cc(CCl)ccc2Cl)cs1. The number of sulfonamides is 1. The molecule has 1 aromatic heterocycles. The molecule has 21 heavy (non-hydrogen) atoms. The predicted octanol–water partition coefficient (Wildman–Crippen LogP) is 3.66. The molecule has 0 fully saturated rings. The van der Waals surface area contributed by atoms with Gasteiger partial charge in [0.25, 0.3) is 0 Å². The van der Waals surface area contributed by atoms with Gasteiger partial charge in [0.1, 0.15) is 4.90 Å². The lowest BCUT2D eigenvalue weighted by Gasteiger charge is -2.17. The van der Waals surface area contributed by atoms with Crippen LogP contribution in [-0.2, 0) is 22.4 Å². The third-order valence-corrected chi connectivity index (χ3v) is 6.31. The van der Waals surface area contributed by atoms with Gasteiger partial charge < -0.3 is 0 Å². The van der Waals surface area contributed by atoms with Gasteiger partial charge >= 0.3 is 0 Å². The molecule has 0 N–H and O–H groups in total. The molecule has 0 atom stereocenters. The second-order valence-electron chi connectivity index (χ2n) is 4.52. The van der Waals surface area contributed by atoms with E-state index in [9.17, 15) is 8.42 Å². The zero-order valence-corrected chi connectivity index (χ0v) is 14.7. The van der Waals surface area contributed by atoms with E-state index in [1.165, 1.54) is 28.8 Å². The maximum atomic E-state index is 12.6. The number of rotatable bonds is 5.